The first kappa shape index (κ1) is 20.0. The molecule has 8 heteroatoms. The number of aromatic nitrogens is 1. The van der Waals surface area contributed by atoms with Gasteiger partial charge in [0.15, 0.2) is 15.8 Å². The van der Waals surface area contributed by atoms with E-state index in [0.717, 1.165) is 35.4 Å². The van der Waals surface area contributed by atoms with Gasteiger partial charge in [0.05, 0.1) is 10.6 Å². The Morgan fingerprint density at radius 1 is 1.12 bits per heavy atom. The average Bonchev–Trinajstić information content (AvgIpc) is 3.03. The van der Waals surface area contributed by atoms with Crippen molar-refractivity contribution in [2.45, 2.75) is 44.7 Å². The lowest BCUT2D eigenvalue weighted by Crippen LogP contribution is -2.36. The SMILES string of the molecule is CCc1noc(CC)c1CNC(=NC)NCc1ccc(S(C)(=O)=O)cc1. The molecule has 0 bridgehead atoms. The fourth-order valence-electron chi connectivity index (χ4n) is 2.57. The van der Waals surface area contributed by atoms with E-state index in [1.165, 1.54) is 6.26 Å². The Morgan fingerprint density at radius 3 is 2.31 bits per heavy atom. The van der Waals surface area contributed by atoms with Gasteiger partial charge in [0.2, 0.25) is 0 Å². The lowest BCUT2D eigenvalue weighted by molar-refractivity contribution is 0.380. The third-order valence-corrected chi connectivity index (χ3v) is 5.20. The molecule has 0 amide bonds. The molecule has 2 aromatic rings. The van der Waals surface area contributed by atoms with Gasteiger partial charge in [0.25, 0.3) is 0 Å². The van der Waals surface area contributed by atoms with E-state index in [-0.39, 0.29) is 0 Å². The Hall–Kier alpha value is -2.35. The lowest BCUT2D eigenvalue weighted by atomic mass is 10.1. The predicted molar refractivity (Wildman–Crippen MR) is 102 cm³/mol. The maximum Gasteiger partial charge on any atom is 0.191 e. The second kappa shape index (κ2) is 8.84. The van der Waals surface area contributed by atoms with Crippen LogP contribution in [-0.4, -0.2) is 32.8 Å². The summed E-state index contributed by atoms with van der Waals surface area (Å²) in [6, 6.07) is 6.81. The fraction of sp³-hybridized carbons (Fsp3) is 0.444. The molecule has 0 aliphatic rings. The average molecular weight is 378 g/mol. The van der Waals surface area contributed by atoms with Crippen molar-refractivity contribution in [2.24, 2.45) is 4.99 Å². The fourth-order valence-corrected chi connectivity index (χ4v) is 3.20. The molecule has 2 rings (SSSR count). The number of aliphatic imine (C=N–C) groups is 1. The highest BCUT2D eigenvalue weighted by Crippen LogP contribution is 2.15. The maximum atomic E-state index is 11.5. The first-order valence-electron chi connectivity index (χ1n) is 8.58. The monoisotopic (exact) mass is 378 g/mol. The standard InChI is InChI=1S/C18H26N4O3S/c1-5-16-15(17(6-2)25-22-16)12-21-18(19-3)20-11-13-7-9-14(10-8-13)26(4,23)24/h7-10H,5-6,11-12H2,1-4H3,(H2,19,20,21). The summed E-state index contributed by atoms with van der Waals surface area (Å²) in [5.41, 5.74) is 3.01. The molecule has 0 atom stereocenters. The van der Waals surface area contributed by atoms with Gasteiger partial charge in [-0.15, -0.1) is 0 Å². The van der Waals surface area contributed by atoms with Gasteiger partial charge in [-0.1, -0.05) is 31.1 Å². The van der Waals surface area contributed by atoms with Crippen LogP contribution in [0.4, 0.5) is 0 Å². The Balaban J connectivity index is 1.95. The second-order valence-electron chi connectivity index (χ2n) is 5.93. The van der Waals surface area contributed by atoms with Gasteiger partial charge >= 0.3 is 0 Å². The van der Waals surface area contributed by atoms with Gasteiger partial charge < -0.3 is 15.2 Å². The van der Waals surface area contributed by atoms with Gasteiger partial charge in [-0.25, -0.2) is 8.42 Å². The molecule has 26 heavy (non-hydrogen) atoms. The maximum absolute atomic E-state index is 11.5. The summed E-state index contributed by atoms with van der Waals surface area (Å²) in [5, 5.41) is 10.6. The summed E-state index contributed by atoms with van der Waals surface area (Å²) in [4.78, 5) is 4.53. The first-order valence-corrected chi connectivity index (χ1v) is 10.5. The summed E-state index contributed by atoms with van der Waals surface area (Å²) in [7, 11) is -1.47. The molecule has 0 aliphatic carbocycles. The molecule has 1 aromatic carbocycles. The molecule has 1 aromatic heterocycles. The molecule has 0 unspecified atom stereocenters. The molecule has 0 saturated carbocycles. The number of aryl methyl sites for hydroxylation is 2. The van der Waals surface area contributed by atoms with Gasteiger partial charge in [-0.3, -0.25) is 4.99 Å². The Morgan fingerprint density at radius 2 is 1.77 bits per heavy atom. The Bertz CT molecular complexity index is 834. The van der Waals surface area contributed by atoms with Crippen LogP contribution in [0.2, 0.25) is 0 Å². The number of nitrogens with zero attached hydrogens (tertiary/aromatic N) is 2. The summed E-state index contributed by atoms with van der Waals surface area (Å²) in [6.07, 6.45) is 2.81. The van der Waals surface area contributed by atoms with Crippen molar-refractivity contribution in [1.29, 1.82) is 0 Å². The quantitative estimate of drug-likeness (QED) is 0.565. The van der Waals surface area contributed by atoms with Gasteiger partial charge in [-0.05, 0) is 24.1 Å². The minimum atomic E-state index is -3.17. The lowest BCUT2D eigenvalue weighted by Gasteiger charge is -2.12. The molecule has 142 valence electrons. The number of hydrogen-bond donors (Lipinski definition) is 2. The van der Waals surface area contributed by atoms with Crippen LogP contribution in [-0.2, 0) is 35.8 Å². The third kappa shape index (κ3) is 5.08. The van der Waals surface area contributed by atoms with Crippen molar-refractivity contribution in [3.8, 4) is 0 Å². The normalized spacial score (nSPS) is 12.2. The van der Waals surface area contributed by atoms with Crippen LogP contribution in [0.1, 0.15) is 36.4 Å². The zero-order chi connectivity index (χ0) is 19.2. The van der Waals surface area contributed by atoms with Crippen LogP contribution in [0, 0.1) is 0 Å². The van der Waals surface area contributed by atoms with Crippen LogP contribution in [0.5, 0.6) is 0 Å². The highest BCUT2D eigenvalue weighted by Gasteiger charge is 2.13. The number of nitrogens with one attached hydrogen (secondary N) is 2. The van der Waals surface area contributed by atoms with E-state index in [2.05, 4.69) is 20.8 Å². The second-order valence-corrected chi connectivity index (χ2v) is 7.95. The van der Waals surface area contributed by atoms with Crippen LogP contribution >= 0.6 is 0 Å². The highest BCUT2D eigenvalue weighted by molar-refractivity contribution is 7.90. The van der Waals surface area contributed by atoms with Crippen molar-refractivity contribution in [2.75, 3.05) is 13.3 Å². The van der Waals surface area contributed by atoms with Gasteiger partial charge in [0.1, 0.15) is 5.76 Å². The first-order chi connectivity index (χ1) is 12.4. The number of sulfone groups is 1. The molecule has 1 heterocycles. The smallest absolute Gasteiger partial charge is 0.191 e. The van der Waals surface area contributed by atoms with E-state index in [1.54, 1.807) is 31.3 Å². The van der Waals surface area contributed by atoms with E-state index < -0.39 is 9.84 Å². The van der Waals surface area contributed by atoms with E-state index >= 15 is 0 Å². The topological polar surface area (TPSA) is 96.6 Å². The van der Waals surface area contributed by atoms with E-state index in [9.17, 15) is 8.42 Å². The highest BCUT2D eigenvalue weighted by atomic mass is 32.2. The zero-order valence-electron chi connectivity index (χ0n) is 15.7. The molecule has 2 N–H and O–H groups in total. The van der Waals surface area contributed by atoms with Crippen molar-refractivity contribution in [1.82, 2.24) is 15.8 Å². The van der Waals surface area contributed by atoms with Crippen molar-refractivity contribution < 1.29 is 12.9 Å². The molecule has 0 aliphatic heterocycles. The largest absolute Gasteiger partial charge is 0.361 e. The number of benzene rings is 1. The zero-order valence-corrected chi connectivity index (χ0v) is 16.5. The van der Waals surface area contributed by atoms with E-state index in [0.29, 0.717) is 23.9 Å². The van der Waals surface area contributed by atoms with Crippen LogP contribution in [0.25, 0.3) is 0 Å². The predicted octanol–water partition coefficient (Wildman–Crippen LogP) is 2.07. The van der Waals surface area contributed by atoms with Crippen LogP contribution in [0.3, 0.4) is 0 Å². The number of rotatable bonds is 7. The molecular weight excluding hydrogens is 352 g/mol. The van der Waals surface area contributed by atoms with Crippen molar-refractivity contribution in [3.63, 3.8) is 0 Å². The molecule has 7 nitrogen and oxygen atoms in total. The molecule has 0 saturated heterocycles. The van der Waals surface area contributed by atoms with Gasteiger partial charge in [0, 0.05) is 38.4 Å². The van der Waals surface area contributed by atoms with E-state index in [1.807, 2.05) is 13.8 Å². The number of guanidine groups is 1. The third-order valence-electron chi connectivity index (χ3n) is 4.07. The minimum absolute atomic E-state index is 0.315. The van der Waals surface area contributed by atoms with Crippen LogP contribution < -0.4 is 10.6 Å². The Labute approximate surface area is 154 Å². The van der Waals surface area contributed by atoms with E-state index in [4.69, 9.17) is 4.52 Å². The molecular formula is C18H26N4O3S. The Kier molecular flexibility index (Phi) is 6.79. The minimum Gasteiger partial charge on any atom is -0.361 e. The van der Waals surface area contributed by atoms with Crippen molar-refractivity contribution in [3.05, 3.63) is 46.8 Å². The van der Waals surface area contributed by atoms with Crippen molar-refractivity contribution >= 4 is 15.8 Å². The molecule has 0 spiro atoms. The molecule has 0 fully saturated rings. The molecule has 0 radical (unpaired) electrons. The summed E-state index contributed by atoms with van der Waals surface area (Å²) in [6.45, 7) is 5.21. The summed E-state index contributed by atoms with van der Waals surface area (Å²) in [5.74, 6) is 1.55. The summed E-state index contributed by atoms with van der Waals surface area (Å²) >= 11 is 0. The summed E-state index contributed by atoms with van der Waals surface area (Å²) < 4.78 is 28.4. The number of hydrogen-bond acceptors (Lipinski definition) is 5. The van der Waals surface area contributed by atoms with Crippen LogP contribution in [0.15, 0.2) is 38.7 Å². The van der Waals surface area contributed by atoms with Gasteiger partial charge in [-0.2, -0.15) is 0 Å².